The quantitative estimate of drug-likeness (QED) is 0.402. The molecular weight excluding hydrogens is 336 g/mol. The number of benzene rings is 1. The predicted octanol–water partition coefficient (Wildman–Crippen LogP) is 7.22. The maximum Gasteiger partial charge on any atom is 0.137 e. The molecule has 26 heavy (non-hydrogen) atoms. The molecule has 0 N–H and O–H groups in total. The lowest BCUT2D eigenvalue weighted by molar-refractivity contribution is -0.126. The average molecular weight is 375 g/mol. The number of unbranched alkanes of at least 4 members (excludes halogenated alkanes) is 4. The van der Waals surface area contributed by atoms with E-state index in [-0.39, 0.29) is 10.7 Å². The highest BCUT2D eigenvalue weighted by atomic mass is 32.2. The number of Topliss-reactive ketones (excluding diaryl/α,β-unsaturated/α-hetero) is 1. The molecule has 1 nitrogen and oxygen atoms in total. The molecule has 2 heteroatoms. The molecule has 1 aromatic rings. The van der Waals surface area contributed by atoms with Crippen molar-refractivity contribution in [3.8, 4) is 0 Å². The van der Waals surface area contributed by atoms with Crippen LogP contribution in [-0.4, -0.2) is 10.5 Å². The zero-order chi connectivity index (χ0) is 19.0. The molecule has 146 valence electrons. The van der Waals surface area contributed by atoms with Gasteiger partial charge in [-0.15, -0.1) is 0 Å². The summed E-state index contributed by atoms with van der Waals surface area (Å²) >= 11 is 1.96. The van der Waals surface area contributed by atoms with E-state index in [0.717, 1.165) is 18.6 Å². The van der Waals surface area contributed by atoms with Crippen molar-refractivity contribution in [2.24, 2.45) is 11.8 Å². The molecule has 2 rings (SSSR count). The molecular formula is C24H38OS. The highest BCUT2D eigenvalue weighted by molar-refractivity contribution is 7.99. The molecule has 0 aliphatic heterocycles. The first kappa shape index (κ1) is 21.5. The zero-order valence-corrected chi connectivity index (χ0v) is 18.2. The lowest BCUT2D eigenvalue weighted by Crippen LogP contribution is -2.38. The van der Waals surface area contributed by atoms with E-state index < -0.39 is 0 Å². The first-order valence-corrected chi connectivity index (χ1v) is 11.7. The summed E-state index contributed by atoms with van der Waals surface area (Å²) in [6, 6.07) is 9.18. The smallest absolute Gasteiger partial charge is 0.137 e. The minimum atomic E-state index is 0.0369. The number of carbonyl (C=O) groups excluding carboxylic acids is 1. The number of aryl methyl sites for hydroxylation is 1. The topological polar surface area (TPSA) is 17.1 Å². The molecule has 0 bridgehead atoms. The van der Waals surface area contributed by atoms with Gasteiger partial charge in [0.2, 0.25) is 0 Å². The number of thioether (sulfide) groups is 1. The van der Waals surface area contributed by atoms with Gasteiger partial charge in [-0.05, 0) is 56.6 Å². The molecule has 0 amide bonds. The number of ketones is 1. The summed E-state index contributed by atoms with van der Waals surface area (Å²) < 4.78 is 0.0369. The van der Waals surface area contributed by atoms with E-state index in [1.165, 1.54) is 56.1 Å². The van der Waals surface area contributed by atoms with Crippen molar-refractivity contribution in [2.75, 3.05) is 0 Å². The average Bonchev–Trinajstić information content (AvgIpc) is 2.60. The number of hydrogen-bond donors (Lipinski definition) is 0. The monoisotopic (exact) mass is 374 g/mol. The van der Waals surface area contributed by atoms with Crippen molar-refractivity contribution in [1.82, 2.24) is 0 Å². The Morgan fingerprint density at radius 2 is 1.65 bits per heavy atom. The van der Waals surface area contributed by atoms with E-state index in [4.69, 9.17) is 0 Å². The van der Waals surface area contributed by atoms with E-state index in [9.17, 15) is 4.79 Å². The van der Waals surface area contributed by atoms with E-state index in [1.807, 2.05) is 11.8 Å². The molecule has 0 heterocycles. The Morgan fingerprint density at radius 3 is 2.31 bits per heavy atom. The van der Waals surface area contributed by atoms with E-state index >= 15 is 0 Å². The van der Waals surface area contributed by atoms with Crippen molar-refractivity contribution in [3.63, 3.8) is 0 Å². The zero-order valence-electron chi connectivity index (χ0n) is 17.4. The maximum absolute atomic E-state index is 12.5. The van der Waals surface area contributed by atoms with Crippen LogP contribution in [0.1, 0.15) is 90.2 Å². The van der Waals surface area contributed by atoms with Crippen LogP contribution >= 0.6 is 11.8 Å². The first-order valence-electron chi connectivity index (χ1n) is 10.7. The molecule has 0 radical (unpaired) electrons. The summed E-state index contributed by atoms with van der Waals surface area (Å²) in [7, 11) is 0. The third kappa shape index (κ3) is 6.76. The number of carbonyl (C=O) groups is 1. The van der Waals surface area contributed by atoms with Crippen LogP contribution < -0.4 is 0 Å². The summed E-state index contributed by atoms with van der Waals surface area (Å²) in [4.78, 5) is 12.5. The SMILES string of the molecule is CCCCCCCc1ccc(CSC(C)(C)[C@@H]2CC[C@@H](C)CC2=O)cc1. The normalized spacial score (nSPS) is 21.2. The third-order valence-electron chi connectivity index (χ3n) is 5.93. The van der Waals surface area contributed by atoms with Gasteiger partial charge in [0, 0.05) is 22.8 Å². The van der Waals surface area contributed by atoms with Gasteiger partial charge in [0.25, 0.3) is 0 Å². The lowest BCUT2D eigenvalue weighted by Gasteiger charge is -2.37. The molecule has 1 aliphatic rings. The van der Waals surface area contributed by atoms with Gasteiger partial charge in [-0.1, -0.05) is 63.8 Å². The Kier molecular flexibility index (Phi) is 8.73. The molecule has 1 saturated carbocycles. The van der Waals surface area contributed by atoms with Crippen LogP contribution in [0, 0.1) is 11.8 Å². The molecule has 1 fully saturated rings. The fraction of sp³-hybridized carbons (Fsp3) is 0.708. The van der Waals surface area contributed by atoms with Gasteiger partial charge >= 0.3 is 0 Å². The largest absolute Gasteiger partial charge is 0.299 e. The van der Waals surface area contributed by atoms with Crippen molar-refractivity contribution in [3.05, 3.63) is 35.4 Å². The Balaban J connectivity index is 1.78. The summed E-state index contributed by atoms with van der Waals surface area (Å²) in [5, 5.41) is 0. The van der Waals surface area contributed by atoms with Crippen LogP contribution in [0.4, 0.5) is 0 Å². The molecule has 0 aromatic heterocycles. The second-order valence-corrected chi connectivity index (χ2v) is 10.4. The minimum Gasteiger partial charge on any atom is -0.299 e. The second kappa shape index (κ2) is 10.5. The van der Waals surface area contributed by atoms with Gasteiger partial charge in [-0.2, -0.15) is 11.8 Å². The summed E-state index contributed by atoms with van der Waals surface area (Å²) in [5.74, 6) is 2.29. The van der Waals surface area contributed by atoms with Crippen molar-refractivity contribution in [2.45, 2.75) is 96.0 Å². The Labute approximate surface area is 165 Å². The van der Waals surface area contributed by atoms with Gasteiger partial charge in [-0.3, -0.25) is 4.79 Å². The fourth-order valence-electron chi connectivity index (χ4n) is 4.04. The van der Waals surface area contributed by atoms with Crippen LogP contribution in [-0.2, 0) is 17.0 Å². The minimum absolute atomic E-state index is 0.0369. The summed E-state index contributed by atoms with van der Waals surface area (Å²) in [6.07, 6.45) is 11.0. The molecule has 0 unspecified atom stereocenters. The van der Waals surface area contributed by atoms with E-state index in [2.05, 4.69) is 52.0 Å². The second-order valence-electron chi connectivity index (χ2n) is 8.78. The summed E-state index contributed by atoms with van der Waals surface area (Å²) in [5.41, 5.74) is 2.85. The predicted molar refractivity (Wildman–Crippen MR) is 116 cm³/mol. The van der Waals surface area contributed by atoms with Crippen LogP contribution in [0.2, 0.25) is 0 Å². The van der Waals surface area contributed by atoms with Crippen LogP contribution in [0.3, 0.4) is 0 Å². The molecule has 1 aliphatic carbocycles. The molecule has 1 aromatic carbocycles. The molecule has 0 saturated heterocycles. The maximum atomic E-state index is 12.5. The van der Waals surface area contributed by atoms with E-state index in [0.29, 0.717) is 11.7 Å². The Hall–Kier alpha value is -0.760. The number of hydrogen-bond acceptors (Lipinski definition) is 2. The van der Waals surface area contributed by atoms with Gasteiger partial charge in [0.15, 0.2) is 0 Å². The fourth-order valence-corrected chi connectivity index (χ4v) is 5.22. The van der Waals surface area contributed by atoms with Crippen molar-refractivity contribution >= 4 is 17.5 Å². The Morgan fingerprint density at radius 1 is 1.00 bits per heavy atom. The summed E-state index contributed by atoms with van der Waals surface area (Å²) in [6.45, 7) is 9.00. The molecule has 2 atom stereocenters. The molecule has 0 spiro atoms. The van der Waals surface area contributed by atoms with Gasteiger partial charge < -0.3 is 0 Å². The Bertz CT molecular complexity index is 546. The van der Waals surface area contributed by atoms with Crippen molar-refractivity contribution < 1.29 is 4.79 Å². The highest BCUT2D eigenvalue weighted by Gasteiger charge is 2.38. The van der Waals surface area contributed by atoms with Gasteiger partial charge in [0.05, 0.1) is 0 Å². The van der Waals surface area contributed by atoms with Crippen molar-refractivity contribution in [1.29, 1.82) is 0 Å². The van der Waals surface area contributed by atoms with E-state index in [1.54, 1.807) is 0 Å². The van der Waals surface area contributed by atoms with Crippen LogP contribution in [0.5, 0.6) is 0 Å². The standard InChI is InChI=1S/C24H38OS/c1-5-6-7-8-9-10-20-12-14-21(15-13-20)18-26-24(3,4)22-16-11-19(2)17-23(22)25/h12-15,19,22H,5-11,16-18H2,1-4H3/t19-,22-/m1/s1. The first-order chi connectivity index (χ1) is 12.4. The van der Waals surface area contributed by atoms with Gasteiger partial charge in [-0.25, -0.2) is 0 Å². The number of rotatable bonds is 10. The highest BCUT2D eigenvalue weighted by Crippen LogP contribution is 2.41. The van der Waals surface area contributed by atoms with Crippen LogP contribution in [0.25, 0.3) is 0 Å². The third-order valence-corrected chi connectivity index (χ3v) is 7.43. The van der Waals surface area contributed by atoms with Gasteiger partial charge in [0.1, 0.15) is 5.78 Å². The lowest BCUT2D eigenvalue weighted by atomic mass is 9.76. The van der Waals surface area contributed by atoms with Crippen LogP contribution in [0.15, 0.2) is 24.3 Å².